The van der Waals surface area contributed by atoms with Gasteiger partial charge in [-0.05, 0) is 37.5 Å². The van der Waals surface area contributed by atoms with Gasteiger partial charge in [-0.2, -0.15) is 5.26 Å². The molecule has 1 amide bonds. The van der Waals surface area contributed by atoms with Gasteiger partial charge >= 0.3 is 0 Å². The SMILES string of the molecule is CCCCOc1ccc(CCNC(=O)CC#N)cc1OCC. The molecular formula is C17H24N2O3. The second-order valence-electron chi connectivity index (χ2n) is 4.85. The Morgan fingerprint density at radius 2 is 2.09 bits per heavy atom. The van der Waals surface area contributed by atoms with Crippen LogP contribution in [0.1, 0.15) is 38.7 Å². The lowest BCUT2D eigenvalue weighted by Crippen LogP contribution is -2.24. The average Bonchev–Trinajstić information content (AvgIpc) is 2.50. The molecule has 22 heavy (non-hydrogen) atoms. The zero-order valence-corrected chi connectivity index (χ0v) is 13.4. The molecule has 0 aliphatic carbocycles. The van der Waals surface area contributed by atoms with Crippen LogP contribution in [-0.4, -0.2) is 25.7 Å². The molecule has 120 valence electrons. The summed E-state index contributed by atoms with van der Waals surface area (Å²) in [5.74, 6) is 1.25. The highest BCUT2D eigenvalue weighted by atomic mass is 16.5. The molecule has 0 aliphatic heterocycles. The molecule has 5 nitrogen and oxygen atoms in total. The van der Waals surface area contributed by atoms with Gasteiger partial charge in [-0.15, -0.1) is 0 Å². The Labute approximate surface area is 132 Å². The van der Waals surface area contributed by atoms with Crippen LogP contribution in [0.4, 0.5) is 0 Å². The number of ether oxygens (including phenoxy) is 2. The van der Waals surface area contributed by atoms with Crippen LogP contribution in [0.15, 0.2) is 18.2 Å². The van der Waals surface area contributed by atoms with E-state index in [0.29, 0.717) is 26.2 Å². The van der Waals surface area contributed by atoms with Crippen molar-refractivity contribution >= 4 is 5.91 Å². The molecule has 0 atom stereocenters. The number of nitrogens with one attached hydrogen (secondary N) is 1. The van der Waals surface area contributed by atoms with Crippen LogP contribution < -0.4 is 14.8 Å². The first-order valence-electron chi connectivity index (χ1n) is 7.73. The van der Waals surface area contributed by atoms with Crippen LogP contribution in [0.2, 0.25) is 0 Å². The van der Waals surface area contributed by atoms with Gasteiger partial charge in [0.1, 0.15) is 6.42 Å². The van der Waals surface area contributed by atoms with E-state index in [1.165, 1.54) is 0 Å². The zero-order valence-electron chi connectivity index (χ0n) is 13.4. The van der Waals surface area contributed by atoms with Gasteiger partial charge in [0.2, 0.25) is 5.91 Å². The monoisotopic (exact) mass is 304 g/mol. The number of benzene rings is 1. The van der Waals surface area contributed by atoms with Crippen molar-refractivity contribution in [2.45, 2.75) is 39.5 Å². The van der Waals surface area contributed by atoms with E-state index in [1.54, 1.807) is 0 Å². The fourth-order valence-electron chi connectivity index (χ4n) is 1.90. The van der Waals surface area contributed by atoms with Gasteiger partial charge in [-0.1, -0.05) is 19.4 Å². The fourth-order valence-corrected chi connectivity index (χ4v) is 1.90. The summed E-state index contributed by atoms with van der Waals surface area (Å²) in [5.41, 5.74) is 1.06. The smallest absolute Gasteiger partial charge is 0.234 e. The van der Waals surface area contributed by atoms with Crippen LogP contribution in [0, 0.1) is 11.3 Å². The molecule has 1 aromatic carbocycles. The van der Waals surface area contributed by atoms with Gasteiger partial charge in [-0.25, -0.2) is 0 Å². The highest BCUT2D eigenvalue weighted by molar-refractivity contribution is 5.77. The standard InChI is InChI=1S/C17H24N2O3/c1-3-5-12-22-15-7-6-14(13-16(15)21-4-2)9-11-19-17(20)8-10-18/h6-7,13H,3-5,8-9,11-12H2,1-2H3,(H,19,20). The summed E-state index contributed by atoms with van der Waals surface area (Å²) in [6.07, 6.45) is 2.68. The molecule has 1 N–H and O–H groups in total. The summed E-state index contributed by atoms with van der Waals surface area (Å²) >= 11 is 0. The van der Waals surface area contributed by atoms with Crippen molar-refractivity contribution in [3.63, 3.8) is 0 Å². The number of rotatable bonds is 10. The summed E-state index contributed by atoms with van der Waals surface area (Å²) in [6, 6.07) is 7.65. The Morgan fingerprint density at radius 1 is 1.27 bits per heavy atom. The largest absolute Gasteiger partial charge is 0.490 e. The van der Waals surface area contributed by atoms with E-state index >= 15 is 0 Å². The van der Waals surface area contributed by atoms with Crippen LogP contribution in [0.3, 0.4) is 0 Å². The molecular weight excluding hydrogens is 280 g/mol. The first-order chi connectivity index (χ1) is 10.7. The lowest BCUT2D eigenvalue weighted by molar-refractivity contribution is -0.120. The van der Waals surface area contributed by atoms with Crippen molar-refractivity contribution in [2.75, 3.05) is 19.8 Å². The molecule has 0 aromatic heterocycles. The number of carbonyl (C=O) groups is 1. The summed E-state index contributed by atoms with van der Waals surface area (Å²) in [4.78, 5) is 11.2. The highest BCUT2D eigenvalue weighted by Gasteiger charge is 2.07. The quantitative estimate of drug-likeness (QED) is 0.675. The normalized spacial score (nSPS) is 9.86. The molecule has 0 unspecified atom stereocenters. The number of hydrogen-bond donors (Lipinski definition) is 1. The maximum Gasteiger partial charge on any atom is 0.234 e. The summed E-state index contributed by atoms with van der Waals surface area (Å²) in [5, 5.41) is 11.1. The number of nitriles is 1. The predicted octanol–water partition coefficient (Wildman–Crippen LogP) is 2.84. The van der Waals surface area contributed by atoms with E-state index < -0.39 is 0 Å². The Hall–Kier alpha value is -2.22. The van der Waals surface area contributed by atoms with E-state index in [1.807, 2.05) is 31.2 Å². The Bertz CT molecular complexity index is 509. The minimum Gasteiger partial charge on any atom is -0.490 e. The van der Waals surface area contributed by atoms with E-state index in [4.69, 9.17) is 14.7 Å². The minimum atomic E-state index is -0.243. The third-order valence-electron chi connectivity index (χ3n) is 3.04. The van der Waals surface area contributed by atoms with E-state index in [-0.39, 0.29) is 12.3 Å². The van der Waals surface area contributed by atoms with Gasteiger partial charge < -0.3 is 14.8 Å². The third kappa shape index (κ3) is 6.49. The molecule has 0 bridgehead atoms. The van der Waals surface area contributed by atoms with E-state index in [0.717, 1.165) is 29.9 Å². The average molecular weight is 304 g/mol. The lowest BCUT2D eigenvalue weighted by atomic mass is 10.1. The van der Waals surface area contributed by atoms with Gasteiger partial charge in [0.25, 0.3) is 0 Å². The summed E-state index contributed by atoms with van der Waals surface area (Å²) in [7, 11) is 0. The maximum atomic E-state index is 11.2. The van der Waals surface area contributed by atoms with Crippen molar-refractivity contribution in [1.29, 1.82) is 5.26 Å². The van der Waals surface area contributed by atoms with Crippen molar-refractivity contribution in [2.24, 2.45) is 0 Å². The Balaban J connectivity index is 2.59. The number of carbonyl (C=O) groups excluding carboxylic acids is 1. The van der Waals surface area contributed by atoms with E-state index in [2.05, 4.69) is 12.2 Å². The lowest BCUT2D eigenvalue weighted by Gasteiger charge is -2.13. The molecule has 0 saturated heterocycles. The molecule has 5 heteroatoms. The summed E-state index contributed by atoms with van der Waals surface area (Å²) < 4.78 is 11.3. The predicted molar refractivity (Wildman–Crippen MR) is 85.0 cm³/mol. The van der Waals surface area contributed by atoms with Gasteiger partial charge in [0, 0.05) is 6.54 Å². The minimum absolute atomic E-state index is 0.103. The molecule has 1 rings (SSSR count). The molecule has 0 heterocycles. The molecule has 0 radical (unpaired) electrons. The van der Waals surface area contributed by atoms with E-state index in [9.17, 15) is 4.79 Å². The molecule has 0 aliphatic rings. The number of nitrogens with zero attached hydrogens (tertiary/aromatic N) is 1. The third-order valence-corrected chi connectivity index (χ3v) is 3.04. The molecule has 0 saturated carbocycles. The number of unbranched alkanes of at least 4 members (excludes halogenated alkanes) is 1. The first-order valence-corrected chi connectivity index (χ1v) is 7.73. The fraction of sp³-hybridized carbons (Fsp3) is 0.529. The Kier molecular flexibility index (Phi) is 8.51. The van der Waals surface area contributed by atoms with Crippen molar-refractivity contribution in [1.82, 2.24) is 5.32 Å². The van der Waals surface area contributed by atoms with Gasteiger partial charge in [0.15, 0.2) is 11.5 Å². The second-order valence-corrected chi connectivity index (χ2v) is 4.85. The first kappa shape index (κ1) is 17.8. The van der Waals surface area contributed by atoms with Crippen LogP contribution in [0.25, 0.3) is 0 Å². The zero-order chi connectivity index (χ0) is 16.2. The van der Waals surface area contributed by atoms with Crippen molar-refractivity contribution in [3.8, 4) is 17.6 Å². The van der Waals surface area contributed by atoms with Crippen LogP contribution >= 0.6 is 0 Å². The van der Waals surface area contributed by atoms with Crippen molar-refractivity contribution < 1.29 is 14.3 Å². The van der Waals surface area contributed by atoms with Crippen LogP contribution in [-0.2, 0) is 11.2 Å². The number of amides is 1. The second kappa shape index (κ2) is 10.5. The van der Waals surface area contributed by atoms with Gasteiger partial charge in [0.05, 0.1) is 19.3 Å². The topological polar surface area (TPSA) is 71.3 Å². The molecule has 1 aromatic rings. The maximum absolute atomic E-state index is 11.2. The van der Waals surface area contributed by atoms with Gasteiger partial charge in [-0.3, -0.25) is 4.79 Å². The highest BCUT2D eigenvalue weighted by Crippen LogP contribution is 2.28. The van der Waals surface area contributed by atoms with Crippen LogP contribution in [0.5, 0.6) is 11.5 Å². The molecule has 0 spiro atoms. The Morgan fingerprint density at radius 3 is 2.77 bits per heavy atom. The van der Waals surface area contributed by atoms with Crippen molar-refractivity contribution in [3.05, 3.63) is 23.8 Å². The summed E-state index contributed by atoms with van der Waals surface area (Å²) in [6.45, 7) is 5.82. The number of hydrogen-bond acceptors (Lipinski definition) is 4. The molecule has 0 fully saturated rings.